The number of amides is 1. The molecule has 2 rings (SSSR count). The Morgan fingerprint density at radius 1 is 1.05 bits per heavy atom. The molecule has 2 aromatic rings. The molecule has 0 radical (unpaired) electrons. The zero-order chi connectivity index (χ0) is 13.7. The van der Waals surface area contributed by atoms with Crippen LogP contribution in [0.1, 0.15) is 11.1 Å². The van der Waals surface area contributed by atoms with Crippen molar-refractivity contribution in [1.29, 1.82) is 0 Å². The Morgan fingerprint density at radius 3 is 2.47 bits per heavy atom. The maximum absolute atomic E-state index is 11.9. The van der Waals surface area contributed by atoms with E-state index in [1.54, 1.807) is 12.1 Å². The van der Waals surface area contributed by atoms with Crippen LogP contribution in [0.5, 0.6) is 0 Å². The molecule has 0 atom stereocenters. The van der Waals surface area contributed by atoms with E-state index in [-0.39, 0.29) is 5.91 Å². The molecule has 1 amide bonds. The highest BCUT2D eigenvalue weighted by molar-refractivity contribution is 5.92. The van der Waals surface area contributed by atoms with Gasteiger partial charge in [0.1, 0.15) is 0 Å². The summed E-state index contributed by atoms with van der Waals surface area (Å²) in [4.78, 5) is 11.9. The van der Waals surface area contributed by atoms with E-state index in [1.807, 2.05) is 36.4 Å². The van der Waals surface area contributed by atoms with Crippen LogP contribution >= 0.6 is 0 Å². The highest BCUT2D eigenvalue weighted by Gasteiger charge is 2.04. The van der Waals surface area contributed by atoms with E-state index < -0.39 is 0 Å². The third kappa shape index (κ3) is 3.82. The second-order valence-corrected chi connectivity index (χ2v) is 4.37. The zero-order valence-corrected chi connectivity index (χ0v) is 10.6. The van der Waals surface area contributed by atoms with Crippen LogP contribution in [0.15, 0.2) is 48.5 Å². The molecule has 4 heteroatoms. The van der Waals surface area contributed by atoms with Crippen LogP contribution in [0, 0.1) is 0 Å². The van der Waals surface area contributed by atoms with Gasteiger partial charge in [0.25, 0.3) is 0 Å². The minimum Gasteiger partial charge on any atom is -0.399 e. The van der Waals surface area contributed by atoms with E-state index in [4.69, 9.17) is 11.5 Å². The van der Waals surface area contributed by atoms with Crippen molar-refractivity contribution >= 4 is 17.3 Å². The van der Waals surface area contributed by atoms with Gasteiger partial charge in [-0.1, -0.05) is 24.3 Å². The van der Waals surface area contributed by atoms with Gasteiger partial charge in [-0.25, -0.2) is 0 Å². The predicted octanol–water partition coefficient (Wildman–Crippen LogP) is 1.91. The average Bonchev–Trinajstić information content (AvgIpc) is 2.41. The molecule has 4 nitrogen and oxygen atoms in total. The first-order valence-corrected chi connectivity index (χ1v) is 6.10. The summed E-state index contributed by atoms with van der Waals surface area (Å²) in [5.41, 5.74) is 14.5. The fraction of sp³-hybridized carbons (Fsp3) is 0.133. The first-order valence-electron chi connectivity index (χ1n) is 6.10. The molecule has 98 valence electrons. The molecule has 0 aliphatic carbocycles. The molecule has 0 fully saturated rings. The van der Waals surface area contributed by atoms with Crippen molar-refractivity contribution < 1.29 is 4.79 Å². The van der Waals surface area contributed by atoms with Gasteiger partial charge in [0.05, 0.1) is 6.42 Å². The Kier molecular flexibility index (Phi) is 4.15. The van der Waals surface area contributed by atoms with E-state index >= 15 is 0 Å². The van der Waals surface area contributed by atoms with Crippen molar-refractivity contribution in [2.24, 2.45) is 5.73 Å². The molecule has 0 aliphatic rings. The van der Waals surface area contributed by atoms with Crippen LogP contribution in [0.25, 0.3) is 0 Å². The lowest BCUT2D eigenvalue weighted by Gasteiger charge is -2.07. The quantitative estimate of drug-likeness (QED) is 0.730. The van der Waals surface area contributed by atoms with Gasteiger partial charge in [-0.3, -0.25) is 4.79 Å². The Morgan fingerprint density at radius 2 is 1.79 bits per heavy atom. The molecule has 0 aliphatic heterocycles. The maximum Gasteiger partial charge on any atom is 0.228 e. The Bertz CT molecular complexity index is 564. The van der Waals surface area contributed by atoms with Gasteiger partial charge in [0, 0.05) is 17.9 Å². The Hall–Kier alpha value is -2.33. The van der Waals surface area contributed by atoms with Crippen LogP contribution in [0.2, 0.25) is 0 Å². The van der Waals surface area contributed by atoms with Crippen LogP contribution in [0.4, 0.5) is 11.4 Å². The molecule has 0 bridgehead atoms. The van der Waals surface area contributed by atoms with Crippen LogP contribution in [0.3, 0.4) is 0 Å². The SMILES string of the molecule is NCc1cccc(NC(=O)Cc2ccc(N)cc2)c1. The first-order chi connectivity index (χ1) is 9.17. The van der Waals surface area contributed by atoms with Crippen molar-refractivity contribution in [2.45, 2.75) is 13.0 Å². The molecule has 5 N–H and O–H groups in total. The second-order valence-electron chi connectivity index (χ2n) is 4.37. The number of carbonyl (C=O) groups excluding carboxylic acids is 1. The largest absolute Gasteiger partial charge is 0.399 e. The van der Waals surface area contributed by atoms with Gasteiger partial charge in [-0.05, 0) is 35.4 Å². The first kappa shape index (κ1) is 13.1. The number of benzene rings is 2. The van der Waals surface area contributed by atoms with Crippen LogP contribution < -0.4 is 16.8 Å². The predicted molar refractivity (Wildman–Crippen MR) is 77.5 cm³/mol. The molecule has 0 spiro atoms. The molecule has 0 aromatic heterocycles. The number of carbonyl (C=O) groups is 1. The van der Waals surface area contributed by atoms with Gasteiger partial charge in [0.2, 0.25) is 5.91 Å². The highest BCUT2D eigenvalue weighted by atomic mass is 16.1. The summed E-state index contributed by atoms with van der Waals surface area (Å²) >= 11 is 0. The Balaban J connectivity index is 1.99. The molecule has 0 heterocycles. The van der Waals surface area contributed by atoms with Crippen molar-refractivity contribution in [3.63, 3.8) is 0 Å². The molecular weight excluding hydrogens is 238 g/mol. The normalized spacial score (nSPS) is 10.2. The summed E-state index contributed by atoms with van der Waals surface area (Å²) in [6.07, 6.45) is 0.327. The van der Waals surface area contributed by atoms with E-state index in [2.05, 4.69) is 5.32 Å². The number of hydrogen-bond acceptors (Lipinski definition) is 3. The van der Waals surface area contributed by atoms with Gasteiger partial charge in [-0.15, -0.1) is 0 Å². The minimum atomic E-state index is -0.0565. The lowest BCUT2D eigenvalue weighted by molar-refractivity contribution is -0.115. The smallest absolute Gasteiger partial charge is 0.228 e. The van der Waals surface area contributed by atoms with Crippen LogP contribution in [-0.4, -0.2) is 5.91 Å². The standard InChI is InChI=1S/C15H17N3O/c16-10-12-2-1-3-14(8-12)18-15(19)9-11-4-6-13(17)7-5-11/h1-8H,9-10,16-17H2,(H,18,19). The Labute approximate surface area is 112 Å². The second kappa shape index (κ2) is 6.02. The maximum atomic E-state index is 11.9. The summed E-state index contributed by atoms with van der Waals surface area (Å²) in [7, 11) is 0. The summed E-state index contributed by atoms with van der Waals surface area (Å²) in [6, 6.07) is 14.8. The number of nitrogen functional groups attached to an aromatic ring is 1. The number of nitrogens with one attached hydrogen (secondary N) is 1. The number of hydrogen-bond donors (Lipinski definition) is 3. The van der Waals surface area contributed by atoms with Gasteiger partial charge >= 0.3 is 0 Å². The topological polar surface area (TPSA) is 81.1 Å². The lowest BCUT2D eigenvalue weighted by Crippen LogP contribution is -2.14. The average molecular weight is 255 g/mol. The minimum absolute atomic E-state index is 0.0565. The van der Waals surface area contributed by atoms with E-state index in [0.717, 1.165) is 16.8 Å². The summed E-state index contributed by atoms with van der Waals surface area (Å²) in [5.74, 6) is -0.0565. The van der Waals surface area contributed by atoms with Crippen molar-refractivity contribution in [3.05, 3.63) is 59.7 Å². The summed E-state index contributed by atoms with van der Waals surface area (Å²) in [6.45, 7) is 0.460. The molecule has 0 saturated heterocycles. The van der Waals surface area contributed by atoms with E-state index in [1.165, 1.54) is 0 Å². The number of rotatable bonds is 4. The van der Waals surface area contributed by atoms with Gasteiger partial charge in [-0.2, -0.15) is 0 Å². The van der Waals surface area contributed by atoms with Crippen molar-refractivity contribution in [3.8, 4) is 0 Å². The number of anilines is 2. The summed E-state index contributed by atoms with van der Waals surface area (Å²) in [5, 5.41) is 2.85. The van der Waals surface area contributed by atoms with Gasteiger partial charge < -0.3 is 16.8 Å². The molecule has 2 aromatic carbocycles. The summed E-state index contributed by atoms with van der Waals surface area (Å²) < 4.78 is 0. The van der Waals surface area contributed by atoms with E-state index in [9.17, 15) is 4.79 Å². The van der Waals surface area contributed by atoms with Crippen LogP contribution in [-0.2, 0) is 17.8 Å². The lowest BCUT2D eigenvalue weighted by atomic mass is 10.1. The monoisotopic (exact) mass is 255 g/mol. The fourth-order valence-corrected chi connectivity index (χ4v) is 1.80. The molecule has 19 heavy (non-hydrogen) atoms. The van der Waals surface area contributed by atoms with Crippen molar-refractivity contribution in [1.82, 2.24) is 0 Å². The van der Waals surface area contributed by atoms with E-state index in [0.29, 0.717) is 18.7 Å². The number of nitrogens with two attached hydrogens (primary N) is 2. The van der Waals surface area contributed by atoms with Crippen molar-refractivity contribution in [2.75, 3.05) is 11.1 Å². The molecular formula is C15H17N3O. The third-order valence-electron chi connectivity index (χ3n) is 2.79. The fourth-order valence-electron chi connectivity index (χ4n) is 1.80. The zero-order valence-electron chi connectivity index (χ0n) is 10.6. The highest BCUT2D eigenvalue weighted by Crippen LogP contribution is 2.11. The van der Waals surface area contributed by atoms with Gasteiger partial charge in [0.15, 0.2) is 0 Å². The third-order valence-corrected chi connectivity index (χ3v) is 2.79. The molecule has 0 unspecified atom stereocenters. The molecule has 0 saturated carbocycles.